The standard InChI is InChI=1S/C18H11FN2OS/c19-14-6-3-7-15-16(14)20-18(23-15)21-17(22)13-9-8-11-4-1-2-5-12(11)10-13/h1-10H,(H,20,21,22). The number of rotatable bonds is 2. The van der Waals surface area contributed by atoms with Gasteiger partial charge in [0.1, 0.15) is 11.3 Å². The molecule has 0 unspecified atom stereocenters. The van der Waals surface area contributed by atoms with Gasteiger partial charge in [-0.05, 0) is 35.0 Å². The fourth-order valence-corrected chi connectivity index (χ4v) is 3.34. The summed E-state index contributed by atoms with van der Waals surface area (Å²) in [4.78, 5) is 16.5. The predicted molar refractivity (Wildman–Crippen MR) is 91.5 cm³/mol. The van der Waals surface area contributed by atoms with Gasteiger partial charge in [-0.25, -0.2) is 9.37 Å². The van der Waals surface area contributed by atoms with E-state index >= 15 is 0 Å². The lowest BCUT2D eigenvalue weighted by atomic mass is 10.1. The number of aromatic nitrogens is 1. The number of thiazole rings is 1. The molecule has 4 aromatic rings. The molecule has 0 aliphatic carbocycles. The summed E-state index contributed by atoms with van der Waals surface area (Å²) in [6.45, 7) is 0. The van der Waals surface area contributed by atoms with E-state index in [1.54, 1.807) is 18.2 Å². The van der Waals surface area contributed by atoms with Gasteiger partial charge in [-0.3, -0.25) is 10.1 Å². The van der Waals surface area contributed by atoms with Crippen LogP contribution in [0.1, 0.15) is 10.4 Å². The molecule has 3 nitrogen and oxygen atoms in total. The molecule has 0 aliphatic rings. The van der Waals surface area contributed by atoms with E-state index in [0.29, 0.717) is 15.4 Å². The Bertz CT molecular complexity index is 1040. The maximum Gasteiger partial charge on any atom is 0.257 e. The SMILES string of the molecule is O=C(Nc1nc2c(F)cccc2s1)c1ccc2ccccc2c1. The first-order valence-corrected chi connectivity index (χ1v) is 7.87. The fourth-order valence-electron chi connectivity index (χ4n) is 2.47. The molecule has 1 amide bonds. The summed E-state index contributed by atoms with van der Waals surface area (Å²) in [5.41, 5.74) is 0.828. The minimum atomic E-state index is -0.384. The van der Waals surface area contributed by atoms with Crippen LogP contribution in [0.3, 0.4) is 0 Å². The second kappa shape index (κ2) is 5.44. The Balaban J connectivity index is 1.66. The third-order valence-corrected chi connectivity index (χ3v) is 4.54. The molecule has 0 saturated heterocycles. The highest BCUT2D eigenvalue weighted by atomic mass is 32.1. The molecule has 0 saturated carbocycles. The number of halogens is 1. The summed E-state index contributed by atoms with van der Waals surface area (Å²) in [6.07, 6.45) is 0. The molecular formula is C18H11FN2OS. The number of anilines is 1. The minimum absolute atomic E-state index is 0.254. The molecule has 0 bridgehead atoms. The number of benzene rings is 3. The summed E-state index contributed by atoms with van der Waals surface area (Å²) in [6, 6.07) is 18.1. The average Bonchev–Trinajstić information content (AvgIpc) is 2.98. The minimum Gasteiger partial charge on any atom is -0.298 e. The highest BCUT2D eigenvalue weighted by Crippen LogP contribution is 2.28. The van der Waals surface area contributed by atoms with Crippen molar-refractivity contribution in [3.05, 3.63) is 72.0 Å². The van der Waals surface area contributed by atoms with E-state index in [9.17, 15) is 9.18 Å². The lowest BCUT2D eigenvalue weighted by Crippen LogP contribution is -2.11. The average molecular weight is 322 g/mol. The highest BCUT2D eigenvalue weighted by Gasteiger charge is 2.12. The smallest absolute Gasteiger partial charge is 0.257 e. The van der Waals surface area contributed by atoms with Gasteiger partial charge < -0.3 is 0 Å². The molecule has 112 valence electrons. The number of nitrogens with one attached hydrogen (secondary N) is 1. The van der Waals surface area contributed by atoms with Gasteiger partial charge in [0.05, 0.1) is 4.70 Å². The van der Waals surface area contributed by atoms with E-state index in [0.717, 1.165) is 10.8 Å². The van der Waals surface area contributed by atoms with E-state index in [1.165, 1.54) is 17.4 Å². The Kier molecular flexibility index (Phi) is 3.28. The van der Waals surface area contributed by atoms with Crippen molar-refractivity contribution in [3.63, 3.8) is 0 Å². The van der Waals surface area contributed by atoms with Crippen LogP contribution in [0, 0.1) is 5.82 Å². The summed E-state index contributed by atoms with van der Waals surface area (Å²) in [5.74, 6) is -0.639. The Morgan fingerprint density at radius 3 is 2.65 bits per heavy atom. The first-order valence-electron chi connectivity index (χ1n) is 7.06. The lowest BCUT2D eigenvalue weighted by Gasteiger charge is -2.03. The molecular weight excluding hydrogens is 311 g/mol. The van der Waals surface area contributed by atoms with Crippen LogP contribution in [0.25, 0.3) is 21.0 Å². The zero-order chi connectivity index (χ0) is 15.8. The third-order valence-electron chi connectivity index (χ3n) is 3.60. The largest absolute Gasteiger partial charge is 0.298 e. The number of nitrogens with zero attached hydrogens (tertiary/aromatic N) is 1. The van der Waals surface area contributed by atoms with Crippen LogP contribution in [-0.2, 0) is 0 Å². The van der Waals surface area contributed by atoms with Crippen LogP contribution in [0.2, 0.25) is 0 Å². The normalized spacial score (nSPS) is 11.0. The van der Waals surface area contributed by atoms with Gasteiger partial charge in [-0.1, -0.05) is 47.7 Å². The highest BCUT2D eigenvalue weighted by molar-refractivity contribution is 7.22. The monoisotopic (exact) mass is 322 g/mol. The zero-order valence-electron chi connectivity index (χ0n) is 11.9. The van der Waals surface area contributed by atoms with Crippen molar-refractivity contribution in [1.82, 2.24) is 4.98 Å². The first-order chi connectivity index (χ1) is 11.2. The van der Waals surface area contributed by atoms with Gasteiger partial charge in [-0.2, -0.15) is 0 Å². The molecule has 1 aromatic heterocycles. The van der Waals surface area contributed by atoms with E-state index in [2.05, 4.69) is 10.3 Å². The zero-order valence-corrected chi connectivity index (χ0v) is 12.7. The number of hydrogen-bond acceptors (Lipinski definition) is 3. The third kappa shape index (κ3) is 2.55. The Morgan fingerprint density at radius 1 is 1.00 bits per heavy atom. The van der Waals surface area contributed by atoms with Crippen molar-refractivity contribution in [2.45, 2.75) is 0 Å². The molecule has 3 aromatic carbocycles. The van der Waals surface area contributed by atoms with Crippen molar-refractivity contribution < 1.29 is 9.18 Å². The number of carbonyl (C=O) groups is 1. The number of hydrogen-bond donors (Lipinski definition) is 1. The van der Waals surface area contributed by atoms with Crippen molar-refractivity contribution in [3.8, 4) is 0 Å². The molecule has 4 rings (SSSR count). The quantitative estimate of drug-likeness (QED) is 0.574. The van der Waals surface area contributed by atoms with Crippen LogP contribution in [0.4, 0.5) is 9.52 Å². The van der Waals surface area contributed by atoms with Crippen molar-refractivity contribution in [1.29, 1.82) is 0 Å². The van der Waals surface area contributed by atoms with Crippen LogP contribution >= 0.6 is 11.3 Å². The molecule has 23 heavy (non-hydrogen) atoms. The Morgan fingerprint density at radius 2 is 1.83 bits per heavy atom. The van der Waals surface area contributed by atoms with E-state index in [1.807, 2.05) is 36.4 Å². The van der Waals surface area contributed by atoms with Gasteiger partial charge in [0.15, 0.2) is 5.13 Å². The van der Waals surface area contributed by atoms with Crippen molar-refractivity contribution in [2.75, 3.05) is 5.32 Å². The Labute approximate surface area is 135 Å². The summed E-state index contributed by atoms with van der Waals surface area (Å²) < 4.78 is 14.4. The van der Waals surface area contributed by atoms with Gasteiger partial charge in [0, 0.05) is 5.56 Å². The first kappa shape index (κ1) is 13.8. The van der Waals surface area contributed by atoms with Crippen molar-refractivity contribution in [2.24, 2.45) is 0 Å². The van der Waals surface area contributed by atoms with Gasteiger partial charge >= 0.3 is 0 Å². The van der Waals surface area contributed by atoms with Gasteiger partial charge in [0.2, 0.25) is 0 Å². The van der Waals surface area contributed by atoms with Crippen LogP contribution in [0.5, 0.6) is 0 Å². The maximum atomic E-state index is 13.7. The topological polar surface area (TPSA) is 42.0 Å². The fraction of sp³-hybridized carbons (Fsp3) is 0. The number of fused-ring (bicyclic) bond motifs is 2. The number of para-hydroxylation sites is 1. The van der Waals surface area contributed by atoms with E-state index in [4.69, 9.17) is 0 Å². The van der Waals surface area contributed by atoms with Crippen molar-refractivity contribution >= 4 is 43.4 Å². The van der Waals surface area contributed by atoms with E-state index in [-0.39, 0.29) is 17.2 Å². The summed E-state index contributed by atoms with van der Waals surface area (Å²) in [7, 11) is 0. The summed E-state index contributed by atoms with van der Waals surface area (Å²) >= 11 is 1.26. The lowest BCUT2D eigenvalue weighted by molar-refractivity contribution is 0.102. The molecule has 1 N–H and O–H groups in total. The molecule has 0 atom stereocenters. The van der Waals surface area contributed by atoms with Crippen LogP contribution in [0.15, 0.2) is 60.7 Å². The van der Waals surface area contributed by atoms with E-state index < -0.39 is 0 Å². The van der Waals surface area contributed by atoms with Gasteiger partial charge in [-0.15, -0.1) is 0 Å². The second-order valence-electron chi connectivity index (χ2n) is 5.12. The van der Waals surface area contributed by atoms with Crippen LogP contribution < -0.4 is 5.32 Å². The molecule has 0 radical (unpaired) electrons. The predicted octanol–water partition coefficient (Wildman–Crippen LogP) is 4.84. The summed E-state index contributed by atoms with van der Waals surface area (Å²) in [5, 5.41) is 5.20. The van der Waals surface area contributed by atoms with Gasteiger partial charge in [0.25, 0.3) is 5.91 Å². The molecule has 0 spiro atoms. The Hall–Kier alpha value is -2.79. The number of carbonyl (C=O) groups excluding carboxylic acids is 1. The molecule has 1 heterocycles. The van der Waals surface area contributed by atoms with Crippen LogP contribution in [-0.4, -0.2) is 10.9 Å². The molecule has 0 fully saturated rings. The molecule has 0 aliphatic heterocycles. The second-order valence-corrected chi connectivity index (χ2v) is 6.15. The maximum absolute atomic E-state index is 13.7. The molecule has 5 heteroatoms. The number of amides is 1.